The van der Waals surface area contributed by atoms with E-state index in [-0.39, 0.29) is 30.3 Å². The summed E-state index contributed by atoms with van der Waals surface area (Å²) in [6, 6.07) is 14.4. The molecule has 6 nitrogen and oxygen atoms in total. The molecule has 0 saturated heterocycles. The predicted octanol–water partition coefficient (Wildman–Crippen LogP) is 4.35. The summed E-state index contributed by atoms with van der Waals surface area (Å²) in [6.07, 6.45) is 8.25. The molecule has 2 N–H and O–H groups in total. The lowest BCUT2D eigenvalue weighted by Crippen LogP contribution is -2.30. The van der Waals surface area contributed by atoms with E-state index >= 15 is 0 Å². The number of aryl methyl sites for hydroxylation is 2. The quantitative estimate of drug-likeness (QED) is 0.460. The molecule has 4 aromatic rings. The largest absolute Gasteiger partial charge is 0.350 e. The molecular weight excluding hydrogens is 436 g/mol. The fourth-order valence-corrected chi connectivity index (χ4v) is 5.42. The third-order valence-electron chi connectivity index (χ3n) is 6.91. The van der Waals surface area contributed by atoms with Crippen LogP contribution in [0.3, 0.4) is 0 Å². The van der Waals surface area contributed by atoms with Crippen molar-refractivity contribution in [3.05, 3.63) is 72.1 Å². The third kappa shape index (κ3) is 3.05. The first-order valence-electron chi connectivity index (χ1n) is 11.1. The smallest absolute Gasteiger partial charge is 0.266 e. The van der Waals surface area contributed by atoms with Gasteiger partial charge in [-0.1, -0.05) is 36.4 Å². The van der Waals surface area contributed by atoms with Gasteiger partial charge in [-0.2, -0.15) is 0 Å². The molecule has 0 spiro atoms. The number of para-hydroxylation sites is 2. The Morgan fingerprint density at radius 2 is 1.82 bits per heavy atom. The number of nitrogens with two attached hydrogens (primary N) is 1. The molecule has 0 fully saturated rings. The van der Waals surface area contributed by atoms with Gasteiger partial charge >= 0.3 is 0 Å². The van der Waals surface area contributed by atoms with E-state index in [4.69, 9.17) is 5.73 Å². The lowest BCUT2D eigenvalue weighted by atomic mass is 9.97. The summed E-state index contributed by atoms with van der Waals surface area (Å²) in [5.74, 6) is -0.567. The fourth-order valence-electron chi connectivity index (χ4n) is 5.42. The number of hydrogen-bond acceptors (Lipinski definition) is 3. The maximum absolute atomic E-state index is 13.6. The van der Waals surface area contributed by atoms with Gasteiger partial charge in [0.25, 0.3) is 11.8 Å². The van der Waals surface area contributed by atoms with Crippen LogP contribution in [0.1, 0.15) is 30.0 Å². The Balaban J connectivity index is 0.00000228. The van der Waals surface area contributed by atoms with Gasteiger partial charge < -0.3 is 14.9 Å². The van der Waals surface area contributed by atoms with Crippen LogP contribution in [0.5, 0.6) is 0 Å². The maximum Gasteiger partial charge on any atom is 0.266 e. The van der Waals surface area contributed by atoms with Crippen LogP contribution in [0, 0.1) is 0 Å². The average Bonchev–Trinajstić information content (AvgIpc) is 3.43. The molecule has 2 aliphatic heterocycles. The van der Waals surface area contributed by atoms with Crippen LogP contribution in [-0.4, -0.2) is 27.5 Å². The highest BCUT2D eigenvalue weighted by Crippen LogP contribution is 2.42. The van der Waals surface area contributed by atoms with Gasteiger partial charge in [-0.15, -0.1) is 12.4 Å². The Morgan fingerprint density at radius 1 is 1.03 bits per heavy atom. The van der Waals surface area contributed by atoms with E-state index in [1.54, 1.807) is 0 Å². The van der Waals surface area contributed by atoms with Crippen LogP contribution in [-0.2, 0) is 23.1 Å². The van der Waals surface area contributed by atoms with Crippen LogP contribution in [0.25, 0.3) is 27.4 Å². The van der Waals surface area contributed by atoms with Crippen molar-refractivity contribution in [3.8, 4) is 0 Å². The minimum absolute atomic E-state index is 0. The second-order valence-corrected chi connectivity index (χ2v) is 8.71. The second kappa shape index (κ2) is 7.90. The summed E-state index contributed by atoms with van der Waals surface area (Å²) in [7, 11) is 1.95. The van der Waals surface area contributed by atoms with Gasteiger partial charge in [0.2, 0.25) is 0 Å². The molecule has 6 rings (SSSR count). The molecule has 0 radical (unpaired) electrons. The van der Waals surface area contributed by atoms with Crippen LogP contribution >= 0.6 is 12.4 Å². The number of aromatic nitrogens is 2. The highest BCUT2D eigenvalue weighted by Gasteiger charge is 2.37. The molecule has 168 valence electrons. The van der Waals surface area contributed by atoms with Crippen LogP contribution < -0.4 is 10.6 Å². The van der Waals surface area contributed by atoms with Gasteiger partial charge in [-0.25, -0.2) is 4.90 Å². The van der Waals surface area contributed by atoms with Gasteiger partial charge in [-0.05, 0) is 37.4 Å². The zero-order valence-electron chi connectivity index (χ0n) is 18.3. The van der Waals surface area contributed by atoms with Crippen molar-refractivity contribution >= 4 is 57.3 Å². The number of halogens is 1. The molecule has 7 heteroatoms. The highest BCUT2D eigenvalue weighted by molar-refractivity contribution is 6.45. The molecule has 0 aliphatic carbocycles. The maximum atomic E-state index is 13.6. The number of rotatable bonds is 4. The number of fused-ring (bicyclic) bond motifs is 1. The van der Waals surface area contributed by atoms with E-state index in [0.717, 1.165) is 46.6 Å². The van der Waals surface area contributed by atoms with Crippen LogP contribution in [0.2, 0.25) is 0 Å². The van der Waals surface area contributed by atoms with Gasteiger partial charge in [0.1, 0.15) is 0 Å². The van der Waals surface area contributed by atoms with E-state index in [1.165, 1.54) is 16.5 Å². The Labute approximate surface area is 197 Å². The van der Waals surface area contributed by atoms with Crippen molar-refractivity contribution < 1.29 is 9.59 Å². The minimum atomic E-state index is -0.294. The van der Waals surface area contributed by atoms with E-state index in [1.807, 2.05) is 60.4 Å². The van der Waals surface area contributed by atoms with Crippen molar-refractivity contribution in [2.45, 2.75) is 25.3 Å². The standard InChI is InChI=1S/C26H24N4O2.ClH/c1-28-14-21(18-6-2-3-8-22(18)28)20-13-24(31)30(26(20)32)23-15-29-17(11-12-27)10-9-16-5-4-7-19(23)25(16)29;/h2-8,13-15,17H,9-12,27H2,1H3;1H. The number of benzene rings is 2. The van der Waals surface area contributed by atoms with Gasteiger partial charge in [0.15, 0.2) is 0 Å². The summed E-state index contributed by atoms with van der Waals surface area (Å²) < 4.78 is 4.22. The number of imide groups is 1. The van der Waals surface area contributed by atoms with Gasteiger partial charge in [0.05, 0.1) is 16.8 Å². The van der Waals surface area contributed by atoms with E-state index in [2.05, 4.69) is 10.6 Å². The van der Waals surface area contributed by atoms with E-state index in [0.29, 0.717) is 17.8 Å². The predicted molar refractivity (Wildman–Crippen MR) is 134 cm³/mol. The first-order valence-corrected chi connectivity index (χ1v) is 11.1. The summed E-state index contributed by atoms with van der Waals surface area (Å²) in [6.45, 7) is 0.607. The highest BCUT2D eigenvalue weighted by atomic mass is 35.5. The lowest BCUT2D eigenvalue weighted by molar-refractivity contribution is -0.119. The SMILES string of the molecule is Cl.Cn1cc(C2=CC(=O)N(c3cn4c5c(cccc35)CCC4CCN)C2=O)c2ccccc21. The summed E-state index contributed by atoms with van der Waals surface area (Å²) in [5.41, 5.74) is 11.2. The molecule has 0 saturated carbocycles. The number of carbonyl (C=O) groups excluding carboxylic acids is 2. The lowest BCUT2D eigenvalue weighted by Gasteiger charge is -2.25. The number of hydrogen-bond donors (Lipinski definition) is 1. The van der Waals surface area contributed by atoms with Crippen LogP contribution in [0.4, 0.5) is 5.69 Å². The van der Waals surface area contributed by atoms with Crippen molar-refractivity contribution in [2.75, 3.05) is 11.4 Å². The zero-order valence-corrected chi connectivity index (χ0v) is 19.1. The Morgan fingerprint density at radius 3 is 2.64 bits per heavy atom. The molecule has 1 unspecified atom stereocenters. The molecule has 2 aliphatic rings. The number of nitrogens with zero attached hydrogens (tertiary/aromatic N) is 3. The van der Waals surface area contributed by atoms with Gasteiger partial charge in [0, 0.05) is 53.4 Å². The average molecular weight is 461 g/mol. The summed E-state index contributed by atoms with van der Waals surface area (Å²) in [5, 5.41) is 1.91. The Kier molecular flexibility index (Phi) is 5.15. The first kappa shape index (κ1) is 21.5. The second-order valence-electron chi connectivity index (χ2n) is 8.71. The zero-order chi connectivity index (χ0) is 22.0. The molecule has 1 atom stereocenters. The molecule has 2 aromatic heterocycles. The monoisotopic (exact) mass is 460 g/mol. The van der Waals surface area contributed by atoms with E-state index < -0.39 is 0 Å². The van der Waals surface area contributed by atoms with E-state index in [9.17, 15) is 9.59 Å². The number of carbonyl (C=O) groups is 2. The minimum Gasteiger partial charge on any atom is -0.350 e. The summed E-state index contributed by atoms with van der Waals surface area (Å²) >= 11 is 0. The molecule has 33 heavy (non-hydrogen) atoms. The molecular formula is C26H25ClN4O2. The Hall–Kier alpha value is -3.35. The fraction of sp³-hybridized carbons (Fsp3) is 0.231. The van der Waals surface area contributed by atoms with Crippen molar-refractivity contribution in [3.63, 3.8) is 0 Å². The normalized spacial score (nSPS) is 17.7. The Bertz CT molecular complexity index is 1460. The van der Waals surface area contributed by atoms with Crippen molar-refractivity contribution in [1.82, 2.24) is 9.13 Å². The summed E-state index contributed by atoms with van der Waals surface area (Å²) in [4.78, 5) is 28.1. The van der Waals surface area contributed by atoms with Crippen molar-refractivity contribution in [2.24, 2.45) is 12.8 Å². The number of amides is 2. The number of anilines is 1. The first-order chi connectivity index (χ1) is 15.6. The molecule has 2 amide bonds. The van der Waals surface area contributed by atoms with Crippen LogP contribution in [0.15, 0.2) is 60.9 Å². The molecule has 4 heterocycles. The van der Waals surface area contributed by atoms with Crippen molar-refractivity contribution in [1.29, 1.82) is 0 Å². The topological polar surface area (TPSA) is 73.3 Å². The molecule has 0 bridgehead atoms. The molecule has 2 aromatic carbocycles. The van der Waals surface area contributed by atoms with Gasteiger partial charge in [-0.3, -0.25) is 9.59 Å². The third-order valence-corrected chi connectivity index (χ3v) is 6.91.